The number of ether oxygens (including phenoxy) is 1. The van der Waals surface area contributed by atoms with Gasteiger partial charge >= 0.3 is 0 Å². The van der Waals surface area contributed by atoms with Crippen LogP contribution in [-0.4, -0.2) is 12.0 Å². The largest absolute Gasteiger partial charge is 0.481 e. The van der Waals surface area contributed by atoms with Gasteiger partial charge in [0.15, 0.2) is 6.10 Å². The molecule has 2 aromatic rings. The molecule has 2 rings (SSSR count). The molecule has 4 heteroatoms. The van der Waals surface area contributed by atoms with Gasteiger partial charge in [-0.25, -0.2) is 0 Å². The Balaban J connectivity index is 2.01. The van der Waals surface area contributed by atoms with Crippen molar-refractivity contribution in [2.24, 2.45) is 0 Å². The molecule has 0 radical (unpaired) electrons. The minimum absolute atomic E-state index is 0.290. The van der Waals surface area contributed by atoms with E-state index in [4.69, 9.17) is 10.00 Å². The maximum Gasteiger partial charge on any atom is 0.265 e. The summed E-state index contributed by atoms with van der Waals surface area (Å²) in [6, 6.07) is 16.6. The van der Waals surface area contributed by atoms with Crippen LogP contribution in [0.15, 0.2) is 48.5 Å². The van der Waals surface area contributed by atoms with Crippen LogP contribution >= 0.6 is 0 Å². The molecule has 0 saturated heterocycles. The molecule has 0 spiro atoms. The molecule has 112 valence electrons. The smallest absolute Gasteiger partial charge is 0.265 e. The van der Waals surface area contributed by atoms with Crippen molar-refractivity contribution in [2.45, 2.75) is 26.4 Å². The van der Waals surface area contributed by atoms with Crippen molar-refractivity contribution in [3.63, 3.8) is 0 Å². The van der Waals surface area contributed by atoms with Crippen LogP contribution in [0.1, 0.15) is 25.0 Å². The van der Waals surface area contributed by atoms with Crippen LogP contribution in [0.3, 0.4) is 0 Å². The number of hydrogen-bond acceptors (Lipinski definition) is 3. The van der Waals surface area contributed by atoms with E-state index in [0.717, 1.165) is 6.42 Å². The predicted octanol–water partition coefficient (Wildman–Crippen LogP) is 3.53. The van der Waals surface area contributed by atoms with Gasteiger partial charge in [0.25, 0.3) is 5.91 Å². The van der Waals surface area contributed by atoms with E-state index in [9.17, 15) is 4.79 Å². The van der Waals surface area contributed by atoms with Gasteiger partial charge in [0.05, 0.1) is 11.3 Å². The van der Waals surface area contributed by atoms with Crippen LogP contribution in [-0.2, 0) is 11.2 Å². The van der Waals surface area contributed by atoms with Crippen LogP contribution in [0.4, 0.5) is 5.69 Å². The molecule has 1 atom stereocenters. The first-order valence-corrected chi connectivity index (χ1v) is 7.19. The number of carbonyl (C=O) groups excluding carboxylic acids is 1. The first-order chi connectivity index (χ1) is 10.6. The molecule has 22 heavy (non-hydrogen) atoms. The number of rotatable bonds is 5. The molecular weight excluding hydrogens is 276 g/mol. The van der Waals surface area contributed by atoms with Gasteiger partial charge in [-0.05, 0) is 43.2 Å². The minimum atomic E-state index is -0.653. The summed E-state index contributed by atoms with van der Waals surface area (Å²) in [5.41, 5.74) is 2.13. The Morgan fingerprint density at radius 2 is 1.91 bits per heavy atom. The van der Waals surface area contributed by atoms with Crippen LogP contribution in [0, 0.1) is 11.3 Å². The lowest BCUT2D eigenvalue weighted by atomic mass is 10.2. The Morgan fingerprint density at radius 3 is 2.55 bits per heavy atom. The number of carbonyl (C=O) groups is 1. The van der Waals surface area contributed by atoms with Crippen molar-refractivity contribution in [3.8, 4) is 11.8 Å². The molecule has 0 aliphatic rings. The fourth-order valence-corrected chi connectivity index (χ4v) is 1.99. The van der Waals surface area contributed by atoms with Gasteiger partial charge in [-0.1, -0.05) is 31.2 Å². The molecule has 0 bridgehead atoms. The lowest BCUT2D eigenvalue weighted by Gasteiger charge is -2.15. The predicted molar refractivity (Wildman–Crippen MR) is 85.7 cm³/mol. The van der Waals surface area contributed by atoms with Crippen molar-refractivity contribution >= 4 is 11.6 Å². The highest BCUT2D eigenvalue weighted by Crippen LogP contribution is 2.17. The first kappa shape index (κ1) is 15.6. The number of para-hydroxylation sites is 1. The van der Waals surface area contributed by atoms with Gasteiger partial charge in [-0.15, -0.1) is 0 Å². The third kappa shape index (κ3) is 3.86. The Kier molecular flexibility index (Phi) is 5.16. The number of hydrogen-bond donors (Lipinski definition) is 1. The summed E-state index contributed by atoms with van der Waals surface area (Å²) in [7, 11) is 0. The highest BCUT2D eigenvalue weighted by Gasteiger charge is 2.16. The van der Waals surface area contributed by atoms with Crippen LogP contribution in [0.2, 0.25) is 0 Å². The van der Waals surface area contributed by atoms with Crippen molar-refractivity contribution in [2.75, 3.05) is 5.32 Å². The van der Waals surface area contributed by atoms with E-state index in [1.807, 2.05) is 30.3 Å². The van der Waals surface area contributed by atoms with Crippen molar-refractivity contribution in [3.05, 3.63) is 59.7 Å². The third-order valence-corrected chi connectivity index (χ3v) is 3.32. The second-order valence-electron chi connectivity index (χ2n) is 4.90. The average molecular weight is 294 g/mol. The highest BCUT2D eigenvalue weighted by atomic mass is 16.5. The monoisotopic (exact) mass is 294 g/mol. The number of amides is 1. The summed E-state index contributed by atoms with van der Waals surface area (Å²) in [5.74, 6) is 0.357. The first-order valence-electron chi connectivity index (χ1n) is 7.19. The van der Waals surface area contributed by atoms with Gasteiger partial charge in [0.1, 0.15) is 11.8 Å². The molecule has 1 amide bonds. The normalized spacial score (nSPS) is 11.3. The van der Waals surface area contributed by atoms with E-state index in [1.165, 1.54) is 5.56 Å². The van der Waals surface area contributed by atoms with Crippen LogP contribution < -0.4 is 10.1 Å². The zero-order chi connectivity index (χ0) is 15.9. The number of benzene rings is 2. The topological polar surface area (TPSA) is 62.1 Å². The molecule has 4 nitrogen and oxygen atoms in total. The number of nitriles is 1. The minimum Gasteiger partial charge on any atom is -0.481 e. The number of nitrogens with zero attached hydrogens (tertiary/aromatic N) is 1. The van der Waals surface area contributed by atoms with E-state index < -0.39 is 6.10 Å². The Labute approximate surface area is 130 Å². The Hall–Kier alpha value is -2.80. The van der Waals surface area contributed by atoms with Gasteiger partial charge in [0, 0.05) is 0 Å². The molecule has 0 aliphatic heterocycles. The van der Waals surface area contributed by atoms with Gasteiger partial charge in [-0.2, -0.15) is 5.26 Å². The summed E-state index contributed by atoms with van der Waals surface area (Å²) >= 11 is 0. The standard InChI is InChI=1S/C18H18N2O2/c1-3-14-8-10-16(11-9-14)22-13(2)18(21)20-17-7-5-4-6-15(17)12-19/h4-11,13H,3H2,1-2H3,(H,20,21). The van der Waals surface area contributed by atoms with Gasteiger partial charge < -0.3 is 10.1 Å². The fraction of sp³-hybridized carbons (Fsp3) is 0.222. The van der Waals surface area contributed by atoms with E-state index in [2.05, 4.69) is 12.2 Å². The molecule has 0 fully saturated rings. The maximum absolute atomic E-state index is 12.2. The van der Waals surface area contributed by atoms with E-state index in [1.54, 1.807) is 31.2 Å². The van der Waals surface area contributed by atoms with E-state index >= 15 is 0 Å². The van der Waals surface area contributed by atoms with Gasteiger partial charge in [-0.3, -0.25) is 4.79 Å². The van der Waals surface area contributed by atoms with Crippen molar-refractivity contribution < 1.29 is 9.53 Å². The lowest BCUT2D eigenvalue weighted by molar-refractivity contribution is -0.122. The Bertz CT molecular complexity index is 687. The average Bonchev–Trinajstić information content (AvgIpc) is 2.56. The number of anilines is 1. The highest BCUT2D eigenvalue weighted by molar-refractivity contribution is 5.95. The molecule has 0 aliphatic carbocycles. The fourth-order valence-electron chi connectivity index (χ4n) is 1.99. The number of aryl methyl sites for hydroxylation is 1. The second-order valence-corrected chi connectivity index (χ2v) is 4.90. The number of nitrogens with one attached hydrogen (secondary N) is 1. The molecule has 0 aromatic heterocycles. The van der Waals surface area contributed by atoms with Crippen molar-refractivity contribution in [1.82, 2.24) is 0 Å². The Morgan fingerprint density at radius 1 is 1.23 bits per heavy atom. The molecule has 0 saturated carbocycles. The zero-order valence-corrected chi connectivity index (χ0v) is 12.7. The quantitative estimate of drug-likeness (QED) is 0.917. The summed E-state index contributed by atoms with van der Waals surface area (Å²) in [4.78, 5) is 12.2. The lowest BCUT2D eigenvalue weighted by Crippen LogP contribution is -2.30. The SMILES string of the molecule is CCc1ccc(OC(C)C(=O)Nc2ccccc2C#N)cc1. The van der Waals surface area contributed by atoms with Crippen LogP contribution in [0.25, 0.3) is 0 Å². The third-order valence-electron chi connectivity index (χ3n) is 3.32. The molecular formula is C18H18N2O2. The van der Waals surface area contributed by atoms with Gasteiger partial charge in [0.2, 0.25) is 0 Å². The van der Waals surface area contributed by atoms with Crippen LogP contribution in [0.5, 0.6) is 5.75 Å². The summed E-state index contributed by atoms with van der Waals surface area (Å²) < 4.78 is 5.63. The van der Waals surface area contributed by atoms with E-state index in [0.29, 0.717) is 17.0 Å². The summed E-state index contributed by atoms with van der Waals surface area (Å²) in [5, 5.41) is 11.7. The zero-order valence-electron chi connectivity index (χ0n) is 12.7. The summed E-state index contributed by atoms with van der Waals surface area (Å²) in [6.45, 7) is 3.76. The van der Waals surface area contributed by atoms with Crippen molar-refractivity contribution in [1.29, 1.82) is 5.26 Å². The maximum atomic E-state index is 12.2. The molecule has 1 N–H and O–H groups in total. The summed E-state index contributed by atoms with van der Waals surface area (Å²) in [6.07, 6.45) is 0.306. The molecule has 0 heterocycles. The van der Waals surface area contributed by atoms with E-state index in [-0.39, 0.29) is 5.91 Å². The molecule has 1 unspecified atom stereocenters. The second kappa shape index (κ2) is 7.28. The molecule has 2 aromatic carbocycles.